The molecule has 1 atom stereocenters. The van der Waals surface area contributed by atoms with Gasteiger partial charge in [-0.05, 0) is 48.4 Å². The highest BCUT2D eigenvalue weighted by Gasteiger charge is 2.08. The summed E-state index contributed by atoms with van der Waals surface area (Å²) in [7, 11) is 3.14. The molecule has 0 radical (unpaired) electrons. The highest BCUT2D eigenvalue weighted by molar-refractivity contribution is 5.92. The van der Waals surface area contributed by atoms with E-state index in [1.807, 2.05) is 19.1 Å². The van der Waals surface area contributed by atoms with Crippen molar-refractivity contribution in [2.24, 2.45) is 5.73 Å². The van der Waals surface area contributed by atoms with Gasteiger partial charge >= 0.3 is 6.03 Å². The number of hydrogen-bond acceptors (Lipinski definition) is 4. The van der Waals surface area contributed by atoms with Crippen molar-refractivity contribution < 1.29 is 19.1 Å². The molecule has 0 aliphatic rings. The third-order valence-electron chi connectivity index (χ3n) is 3.84. The van der Waals surface area contributed by atoms with Crippen LogP contribution >= 0.6 is 0 Å². The van der Waals surface area contributed by atoms with E-state index in [1.54, 1.807) is 50.6 Å². The van der Waals surface area contributed by atoms with Crippen molar-refractivity contribution in [3.05, 3.63) is 59.7 Å². The van der Waals surface area contributed by atoms with Crippen LogP contribution in [0.5, 0.6) is 11.5 Å². The van der Waals surface area contributed by atoms with Crippen molar-refractivity contribution in [3.8, 4) is 11.5 Å². The maximum absolute atomic E-state index is 12.2. The van der Waals surface area contributed by atoms with Gasteiger partial charge in [-0.2, -0.15) is 0 Å². The molecule has 7 nitrogen and oxygen atoms in total. The number of carbonyl (C=O) groups is 2. The Morgan fingerprint density at radius 1 is 1.04 bits per heavy atom. The quantitative estimate of drug-likeness (QED) is 0.653. The van der Waals surface area contributed by atoms with Gasteiger partial charge < -0.3 is 25.8 Å². The molecule has 0 aromatic heterocycles. The number of primary amides is 1. The summed E-state index contributed by atoms with van der Waals surface area (Å²) < 4.78 is 10.4. The van der Waals surface area contributed by atoms with Crippen LogP contribution < -0.4 is 25.8 Å². The van der Waals surface area contributed by atoms with Gasteiger partial charge in [0, 0.05) is 17.8 Å². The van der Waals surface area contributed by atoms with E-state index in [-0.39, 0.29) is 11.9 Å². The number of urea groups is 1. The van der Waals surface area contributed by atoms with Gasteiger partial charge in [-0.15, -0.1) is 0 Å². The molecule has 7 heteroatoms. The average molecular weight is 369 g/mol. The average Bonchev–Trinajstić information content (AvgIpc) is 2.66. The van der Waals surface area contributed by atoms with Crippen molar-refractivity contribution in [1.82, 2.24) is 5.32 Å². The molecule has 142 valence electrons. The van der Waals surface area contributed by atoms with E-state index in [2.05, 4.69) is 10.6 Å². The summed E-state index contributed by atoms with van der Waals surface area (Å²) in [5.74, 6) is 1.06. The first-order valence-corrected chi connectivity index (χ1v) is 8.29. The molecule has 1 unspecified atom stereocenters. The maximum atomic E-state index is 12.2. The van der Waals surface area contributed by atoms with Crippen LogP contribution in [-0.4, -0.2) is 26.2 Å². The molecule has 2 aromatic rings. The topological polar surface area (TPSA) is 103 Å². The molecule has 3 amide bonds. The summed E-state index contributed by atoms with van der Waals surface area (Å²) >= 11 is 0. The van der Waals surface area contributed by atoms with Crippen LogP contribution in [0.25, 0.3) is 6.08 Å². The van der Waals surface area contributed by atoms with Gasteiger partial charge in [0.05, 0.1) is 20.3 Å². The van der Waals surface area contributed by atoms with Crippen LogP contribution in [0.4, 0.5) is 10.5 Å². The number of nitrogens with two attached hydrogens (primary N) is 1. The fourth-order valence-electron chi connectivity index (χ4n) is 2.44. The molecule has 0 saturated heterocycles. The van der Waals surface area contributed by atoms with E-state index >= 15 is 0 Å². The molecule has 0 aliphatic heterocycles. The number of nitrogens with one attached hydrogen (secondary N) is 2. The molecular weight excluding hydrogens is 346 g/mol. The first-order chi connectivity index (χ1) is 12.9. The Labute approximate surface area is 158 Å². The Morgan fingerprint density at radius 3 is 2.15 bits per heavy atom. The number of methoxy groups -OCH3 is 2. The minimum Gasteiger partial charge on any atom is -0.497 e. The Hall–Kier alpha value is -3.48. The Morgan fingerprint density at radius 2 is 1.63 bits per heavy atom. The molecule has 0 saturated carbocycles. The summed E-state index contributed by atoms with van der Waals surface area (Å²) in [6, 6.07) is 11.6. The number of hydrogen-bond donors (Lipinski definition) is 3. The Balaban J connectivity index is 2.00. The Bertz CT molecular complexity index is 809. The number of amides is 3. The second-order valence-corrected chi connectivity index (χ2v) is 5.82. The van der Waals surface area contributed by atoms with Crippen LogP contribution in [0.3, 0.4) is 0 Å². The van der Waals surface area contributed by atoms with Crippen LogP contribution in [0, 0.1) is 0 Å². The number of benzene rings is 2. The summed E-state index contributed by atoms with van der Waals surface area (Å²) in [5.41, 5.74) is 7.36. The minimum atomic E-state index is -0.622. The van der Waals surface area contributed by atoms with Crippen LogP contribution in [0.1, 0.15) is 24.1 Å². The predicted octanol–water partition coefficient (Wildman–Crippen LogP) is 3.09. The van der Waals surface area contributed by atoms with E-state index in [1.165, 1.54) is 6.08 Å². The molecule has 0 spiro atoms. The van der Waals surface area contributed by atoms with Gasteiger partial charge in [0.25, 0.3) is 0 Å². The van der Waals surface area contributed by atoms with Crippen molar-refractivity contribution in [2.45, 2.75) is 13.0 Å². The van der Waals surface area contributed by atoms with Crippen molar-refractivity contribution >= 4 is 23.7 Å². The summed E-state index contributed by atoms with van der Waals surface area (Å²) in [4.78, 5) is 23.0. The summed E-state index contributed by atoms with van der Waals surface area (Å²) in [6.45, 7) is 1.87. The molecule has 2 rings (SSSR count). The van der Waals surface area contributed by atoms with E-state index < -0.39 is 6.03 Å². The predicted molar refractivity (Wildman–Crippen MR) is 105 cm³/mol. The standard InChI is InChI=1S/C20H23N3O4/c1-13(15-5-7-16(8-6-15)23-20(21)25)22-19(24)9-4-14-10-17(26-2)12-18(11-14)27-3/h4-13H,1-3H3,(H,22,24)(H3,21,23,25)/b9-4+. The molecule has 0 aliphatic carbocycles. The third kappa shape index (κ3) is 6.07. The maximum Gasteiger partial charge on any atom is 0.316 e. The fraction of sp³-hybridized carbons (Fsp3) is 0.200. The van der Waals surface area contributed by atoms with E-state index in [0.717, 1.165) is 11.1 Å². The number of rotatable bonds is 7. The lowest BCUT2D eigenvalue weighted by molar-refractivity contribution is -0.117. The van der Waals surface area contributed by atoms with Crippen LogP contribution in [0.15, 0.2) is 48.5 Å². The number of carbonyl (C=O) groups excluding carboxylic acids is 2. The second kappa shape index (κ2) is 9.28. The van der Waals surface area contributed by atoms with Crippen molar-refractivity contribution in [2.75, 3.05) is 19.5 Å². The van der Waals surface area contributed by atoms with Gasteiger partial charge in [0.2, 0.25) is 5.91 Å². The SMILES string of the molecule is COc1cc(/C=C/C(=O)NC(C)c2ccc(NC(N)=O)cc2)cc(OC)c1. The smallest absolute Gasteiger partial charge is 0.316 e. The lowest BCUT2D eigenvalue weighted by Gasteiger charge is -2.13. The van der Waals surface area contributed by atoms with E-state index in [0.29, 0.717) is 17.2 Å². The summed E-state index contributed by atoms with van der Waals surface area (Å²) in [5, 5.41) is 5.37. The first kappa shape index (κ1) is 19.8. The number of ether oxygens (including phenoxy) is 2. The third-order valence-corrected chi connectivity index (χ3v) is 3.84. The highest BCUT2D eigenvalue weighted by atomic mass is 16.5. The molecule has 0 bridgehead atoms. The second-order valence-electron chi connectivity index (χ2n) is 5.82. The zero-order valence-corrected chi connectivity index (χ0v) is 15.5. The van der Waals surface area contributed by atoms with Gasteiger partial charge in [0.15, 0.2) is 0 Å². The molecule has 0 heterocycles. The Kier molecular flexibility index (Phi) is 6.82. The zero-order chi connectivity index (χ0) is 19.8. The van der Waals surface area contributed by atoms with E-state index in [9.17, 15) is 9.59 Å². The molecule has 4 N–H and O–H groups in total. The van der Waals surface area contributed by atoms with Crippen LogP contribution in [-0.2, 0) is 4.79 Å². The molecular formula is C20H23N3O4. The van der Waals surface area contributed by atoms with Crippen LogP contribution in [0.2, 0.25) is 0 Å². The van der Waals surface area contributed by atoms with Gasteiger partial charge in [-0.25, -0.2) is 4.79 Å². The van der Waals surface area contributed by atoms with E-state index in [4.69, 9.17) is 15.2 Å². The highest BCUT2D eigenvalue weighted by Crippen LogP contribution is 2.23. The van der Waals surface area contributed by atoms with Gasteiger partial charge in [0.1, 0.15) is 11.5 Å². The van der Waals surface area contributed by atoms with Gasteiger partial charge in [-0.3, -0.25) is 4.79 Å². The molecule has 2 aromatic carbocycles. The monoisotopic (exact) mass is 369 g/mol. The normalized spacial score (nSPS) is 11.7. The lowest BCUT2D eigenvalue weighted by atomic mass is 10.1. The largest absolute Gasteiger partial charge is 0.497 e. The summed E-state index contributed by atoms with van der Waals surface area (Å²) in [6.07, 6.45) is 3.14. The zero-order valence-electron chi connectivity index (χ0n) is 15.5. The minimum absolute atomic E-state index is 0.204. The first-order valence-electron chi connectivity index (χ1n) is 8.29. The fourth-order valence-corrected chi connectivity index (χ4v) is 2.44. The van der Waals surface area contributed by atoms with Gasteiger partial charge in [-0.1, -0.05) is 12.1 Å². The lowest BCUT2D eigenvalue weighted by Crippen LogP contribution is -2.24. The molecule has 27 heavy (non-hydrogen) atoms. The van der Waals surface area contributed by atoms with Crippen molar-refractivity contribution in [1.29, 1.82) is 0 Å². The molecule has 0 fully saturated rings. The number of anilines is 1. The van der Waals surface area contributed by atoms with Crippen molar-refractivity contribution in [3.63, 3.8) is 0 Å².